The van der Waals surface area contributed by atoms with E-state index in [4.69, 9.17) is 0 Å². The lowest BCUT2D eigenvalue weighted by atomic mass is 9.99. The SMILES string of the molecule is O=S1(=O)CCC(Cc2nc3ccccn3n2)CC1. The van der Waals surface area contributed by atoms with Crippen LogP contribution < -0.4 is 0 Å². The Morgan fingerprint density at radius 2 is 2.06 bits per heavy atom. The van der Waals surface area contributed by atoms with E-state index < -0.39 is 9.84 Å². The smallest absolute Gasteiger partial charge is 0.155 e. The van der Waals surface area contributed by atoms with Crippen LogP contribution in [-0.2, 0) is 16.3 Å². The summed E-state index contributed by atoms with van der Waals surface area (Å²) in [6.45, 7) is 0. The molecule has 0 spiro atoms. The Kier molecular flexibility index (Phi) is 2.81. The van der Waals surface area contributed by atoms with Crippen LogP contribution in [-0.4, -0.2) is 34.5 Å². The zero-order chi connectivity index (χ0) is 12.6. The van der Waals surface area contributed by atoms with E-state index in [-0.39, 0.29) is 0 Å². The molecule has 0 atom stereocenters. The fourth-order valence-corrected chi connectivity index (χ4v) is 3.95. The van der Waals surface area contributed by atoms with Crippen molar-refractivity contribution in [3.05, 3.63) is 30.2 Å². The van der Waals surface area contributed by atoms with E-state index in [0.717, 1.165) is 30.7 Å². The molecule has 0 radical (unpaired) electrons. The molecule has 3 rings (SSSR count). The van der Waals surface area contributed by atoms with Crippen molar-refractivity contribution in [3.63, 3.8) is 0 Å². The van der Waals surface area contributed by atoms with Crippen molar-refractivity contribution in [2.75, 3.05) is 11.5 Å². The molecular formula is C12H15N3O2S. The number of fused-ring (bicyclic) bond motifs is 1. The predicted molar refractivity (Wildman–Crippen MR) is 68.1 cm³/mol. The maximum atomic E-state index is 11.4. The van der Waals surface area contributed by atoms with Gasteiger partial charge in [0.1, 0.15) is 9.84 Å². The van der Waals surface area contributed by atoms with Crippen molar-refractivity contribution in [2.45, 2.75) is 19.3 Å². The second-order valence-electron chi connectivity index (χ2n) is 4.83. The Hall–Kier alpha value is -1.43. The highest BCUT2D eigenvalue weighted by molar-refractivity contribution is 7.91. The van der Waals surface area contributed by atoms with Gasteiger partial charge in [0.2, 0.25) is 0 Å². The first-order chi connectivity index (χ1) is 8.62. The maximum absolute atomic E-state index is 11.4. The van der Waals surface area contributed by atoms with Gasteiger partial charge in [0.25, 0.3) is 0 Å². The van der Waals surface area contributed by atoms with Crippen LogP contribution in [0.15, 0.2) is 24.4 Å². The molecule has 0 N–H and O–H groups in total. The summed E-state index contributed by atoms with van der Waals surface area (Å²) in [5.74, 6) is 1.83. The molecule has 5 nitrogen and oxygen atoms in total. The Bertz CT molecular complexity index is 616. The number of sulfone groups is 1. The summed E-state index contributed by atoms with van der Waals surface area (Å²) in [6, 6.07) is 5.77. The van der Waals surface area contributed by atoms with Gasteiger partial charge in [-0.3, -0.25) is 0 Å². The Balaban J connectivity index is 1.73. The van der Waals surface area contributed by atoms with Crippen molar-refractivity contribution in [2.24, 2.45) is 5.92 Å². The second kappa shape index (κ2) is 4.35. The minimum absolute atomic E-state index is 0.311. The number of rotatable bonds is 2. The van der Waals surface area contributed by atoms with Crippen molar-refractivity contribution < 1.29 is 8.42 Å². The Labute approximate surface area is 106 Å². The van der Waals surface area contributed by atoms with Gasteiger partial charge < -0.3 is 0 Å². The van der Waals surface area contributed by atoms with Gasteiger partial charge in [-0.2, -0.15) is 5.10 Å². The molecule has 2 aromatic rings. The van der Waals surface area contributed by atoms with Crippen LogP contribution in [0.3, 0.4) is 0 Å². The molecule has 0 amide bonds. The van der Waals surface area contributed by atoms with Crippen LogP contribution in [0.25, 0.3) is 5.65 Å². The highest BCUT2D eigenvalue weighted by atomic mass is 32.2. The monoisotopic (exact) mass is 265 g/mol. The van der Waals surface area contributed by atoms with Crippen LogP contribution in [0, 0.1) is 5.92 Å². The van der Waals surface area contributed by atoms with E-state index in [9.17, 15) is 8.42 Å². The molecule has 1 aliphatic rings. The van der Waals surface area contributed by atoms with Gasteiger partial charge in [-0.1, -0.05) is 6.07 Å². The quantitative estimate of drug-likeness (QED) is 0.815. The molecule has 0 unspecified atom stereocenters. The number of pyridine rings is 1. The Morgan fingerprint density at radius 3 is 2.78 bits per heavy atom. The van der Waals surface area contributed by atoms with Crippen LogP contribution in [0.2, 0.25) is 0 Å². The molecule has 1 aliphatic heterocycles. The van der Waals surface area contributed by atoms with E-state index in [1.165, 1.54) is 0 Å². The maximum Gasteiger partial charge on any atom is 0.155 e. The average Bonchev–Trinajstić information content (AvgIpc) is 2.74. The minimum atomic E-state index is -2.78. The summed E-state index contributed by atoms with van der Waals surface area (Å²) in [5, 5.41) is 4.40. The first kappa shape index (κ1) is 11.6. The van der Waals surface area contributed by atoms with E-state index >= 15 is 0 Å². The molecule has 3 heterocycles. The lowest BCUT2D eigenvalue weighted by Crippen LogP contribution is -2.24. The lowest BCUT2D eigenvalue weighted by molar-refractivity contribution is 0.454. The lowest BCUT2D eigenvalue weighted by Gasteiger charge is -2.20. The molecule has 96 valence electrons. The van der Waals surface area contributed by atoms with Gasteiger partial charge in [-0.25, -0.2) is 17.9 Å². The van der Waals surface area contributed by atoms with Gasteiger partial charge in [0, 0.05) is 12.6 Å². The summed E-state index contributed by atoms with van der Waals surface area (Å²) in [7, 11) is -2.78. The molecule has 6 heteroatoms. The van der Waals surface area contributed by atoms with Crippen LogP contribution in [0.4, 0.5) is 0 Å². The number of nitrogens with zero attached hydrogens (tertiary/aromatic N) is 3. The average molecular weight is 265 g/mol. The summed E-state index contributed by atoms with van der Waals surface area (Å²) < 4.78 is 24.5. The number of aromatic nitrogens is 3. The predicted octanol–water partition coefficient (Wildman–Crippen LogP) is 1.10. The molecule has 1 saturated heterocycles. The van der Waals surface area contributed by atoms with Crippen molar-refractivity contribution in [1.82, 2.24) is 14.6 Å². The van der Waals surface area contributed by atoms with E-state index in [2.05, 4.69) is 10.1 Å². The van der Waals surface area contributed by atoms with Gasteiger partial charge in [0.05, 0.1) is 11.5 Å². The highest BCUT2D eigenvalue weighted by Gasteiger charge is 2.24. The first-order valence-corrected chi connectivity index (χ1v) is 7.95. The fourth-order valence-electron chi connectivity index (χ4n) is 2.37. The summed E-state index contributed by atoms with van der Waals surface area (Å²) in [5.41, 5.74) is 0.843. The van der Waals surface area contributed by atoms with E-state index in [0.29, 0.717) is 17.4 Å². The molecule has 18 heavy (non-hydrogen) atoms. The molecule has 0 saturated carbocycles. The van der Waals surface area contributed by atoms with E-state index in [1.54, 1.807) is 4.52 Å². The molecular weight excluding hydrogens is 250 g/mol. The zero-order valence-electron chi connectivity index (χ0n) is 9.99. The van der Waals surface area contributed by atoms with Crippen molar-refractivity contribution in [1.29, 1.82) is 0 Å². The minimum Gasteiger partial charge on any atom is -0.229 e. The zero-order valence-corrected chi connectivity index (χ0v) is 10.8. The third-order valence-corrected chi connectivity index (χ3v) is 5.15. The third-order valence-electron chi connectivity index (χ3n) is 3.43. The number of hydrogen-bond acceptors (Lipinski definition) is 4. The largest absolute Gasteiger partial charge is 0.229 e. The molecule has 1 fully saturated rings. The highest BCUT2D eigenvalue weighted by Crippen LogP contribution is 2.21. The first-order valence-electron chi connectivity index (χ1n) is 6.13. The molecule has 0 bridgehead atoms. The van der Waals surface area contributed by atoms with Crippen LogP contribution in [0.1, 0.15) is 18.7 Å². The fraction of sp³-hybridized carbons (Fsp3) is 0.500. The van der Waals surface area contributed by atoms with Crippen LogP contribution in [0.5, 0.6) is 0 Å². The van der Waals surface area contributed by atoms with Gasteiger partial charge in [0.15, 0.2) is 11.5 Å². The third kappa shape index (κ3) is 2.38. The topological polar surface area (TPSA) is 64.3 Å². The van der Waals surface area contributed by atoms with Gasteiger partial charge in [-0.15, -0.1) is 0 Å². The standard InChI is InChI=1S/C12H15N3O2S/c16-18(17)7-4-10(5-8-18)9-11-13-12-3-1-2-6-15(12)14-11/h1-3,6,10H,4-5,7-9H2. The molecule has 2 aromatic heterocycles. The molecule has 0 aliphatic carbocycles. The number of hydrogen-bond donors (Lipinski definition) is 0. The molecule has 0 aromatic carbocycles. The summed E-state index contributed by atoms with van der Waals surface area (Å²) in [6.07, 6.45) is 4.12. The van der Waals surface area contributed by atoms with Gasteiger partial charge >= 0.3 is 0 Å². The van der Waals surface area contributed by atoms with Crippen LogP contribution >= 0.6 is 0 Å². The summed E-state index contributed by atoms with van der Waals surface area (Å²) in [4.78, 5) is 4.45. The van der Waals surface area contributed by atoms with Gasteiger partial charge in [-0.05, 0) is 30.9 Å². The normalized spacial score (nSPS) is 20.2. The van der Waals surface area contributed by atoms with Crippen molar-refractivity contribution >= 4 is 15.5 Å². The Morgan fingerprint density at radius 1 is 1.28 bits per heavy atom. The van der Waals surface area contributed by atoms with E-state index in [1.807, 2.05) is 24.4 Å². The second-order valence-corrected chi connectivity index (χ2v) is 7.13. The van der Waals surface area contributed by atoms with Crippen molar-refractivity contribution in [3.8, 4) is 0 Å². The summed E-state index contributed by atoms with van der Waals surface area (Å²) >= 11 is 0.